The van der Waals surface area contributed by atoms with Gasteiger partial charge >= 0.3 is 0 Å². The van der Waals surface area contributed by atoms with Crippen molar-refractivity contribution >= 4 is 16.9 Å². The van der Waals surface area contributed by atoms with Gasteiger partial charge in [0.2, 0.25) is 0 Å². The Balaban J connectivity index is 1.32. The van der Waals surface area contributed by atoms with Crippen LogP contribution in [-0.4, -0.2) is 30.2 Å². The van der Waals surface area contributed by atoms with Gasteiger partial charge in [-0.05, 0) is 23.3 Å². The number of fused-ring (bicyclic) bond motifs is 1. The second-order valence-corrected chi connectivity index (χ2v) is 7.21. The minimum absolute atomic E-state index is 0.175. The summed E-state index contributed by atoms with van der Waals surface area (Å²) in [5.41, 5.74) is 4.39. The number of nitrogens with zero attached hydrogens (tertiary/aromatic N) is 5. The highest BCUT2D eigenvalue weighted by Gasteiger charge is 2.12. The van der Waals surface area contributed by atoms with E-state index in [-0.39, 0.29) is 5.91 Å². The number of aromatic nitrogens is 5. The van der Waals surface area contributed by atoms with E-state index in [9.17, 15) is 4.79 Å². The fourth-order valence-corrected chi connectivity index (χ4v) is 3.56. The summed E-state index contributed by atoms with van der Waals surface area (Å²) in [5, 5.41) is 8.26. The number of hydrogen-bond acceptors (Lipinski definition) is 4. The highest BCUT2D eigenvalue weighted by atomic mass is 16.1. The predicted octanol–water partition coefficient (Wildman–Crippen LogP) is 3.60. The number of carbonyl (C=O) groups is 1. The van der Waals surface area contributed by atoms with Crippen LogP contribution in [0.2, 0.25) is 0 Å². The van der Waals surface area contributed by atoms with Gasteiger partial charge in [0, 0.05) is 30.5 Å². The molecule has 5 aromatic rings. The molecule has 1 amide bonds. The molecule has 0 unspecified atom stereocenters. The van der Waals surface area contributed by atoms with Crippen molar-refractivity contribution in [2.75, 3.05) is 0 Å². The average molecular weight is 408 g/mol. The minimum Gasteiger partial charge on any atom is -0.348 e. The van der Waals surface area contributed by atoms with Crippen molar-refractivity contribution in [3.05, 3.63) is 108 Å². The Labute approximate surface area is 179 Å². The van der Waals surface area contributed by atoms with Crippen molar-refractivity contribution in [1.29, 1.82) is 0 Å². The predicted molar refractivity (Wildman–Crippen MR) is 118 cm³/mol. The van der Waals surface area contributed by atoms with Crippen molar-refractivity contribution in [1.82, 2.24) is 29.6 Å². The van der Waals surface area contributed by atoms with E-state index in [4.69, 9.17) is 0 Å². The van der Waals surface area contributed by atoms with Crippen LogP contribution in [0.3, 0.4) is 0 Å². The summed E-state index contributed by atoms with van der Waals surface area (Å²) in [4.78, 5) is 21.4. The highest BCUT2D eigenvalue weighted by Crippen LogP contribution is 2.16. The van der Waals surface area contributed by atoms with E-state index in [1.54, 1.807) is 24.9 Å². The van der Waals surface area contributed by atoms with Crippen molar-refractivity contribution in [2.45, 2.75) is 13.1 Å². The van der Waals surface area contributed by atoms with Gasteiger partial charge in [-0.25, -0.2) is 14.6 Å². The van der Waals surface area contributed by atoms with Crippen molar-refractivity contribution in [2.24, 2.45) is 0 Å². The van der Waals surface area contributed by atoms with Crippen molar-refractivity contribution in [3.8, 4) is 5.69 Å². The Morgan fingerprint density at radius 1 is 1.00 bits per heavy atom. The Morgan fingerprint density at radius 2 is 1.84 bits per heavy atom. The lowest BCUT2D eigenvalue weighted by Crippen LogP contribution is -2.23. The van der Waals surface area contributed by atoms with Gasteiger partial charge in [-0.3, -0.25) is 4.79 Å². The van der Waals surface area contributed by atoms with E-state index in [1.807, 2.05) is 64.0 Å². The SMILES string of the molecule is O=C(NCc1ccccc1-n1ccnc1)c1cnc2c(cnn2Cc2ccccc2)c1. The lowest BCUT2D eigenvalue weighted by atomic mass is 10.1. The van der Waals surface area contributed by atoms with Gasteiger partial charge in [0.25, 0.3) is 5.91 Å². The molecular weight excluding hydrogens is 388 g/mol. The molecule has 7 nitrogen and oxygen atoms in total. The van der Waals surface area contributed by atoms with Crippen LogP contribution in [0.4, 0.5) is 0 Å². The first kappa shape index (κ1) is 18.7. The van der Waals surface area contributed by atoms with Crippen molar-refractivity contribution < 1.29 is 4.79 Å². The second kappa shape index (κ2) is 8.23. The molecule has 0 radical (unpaired) electrons. The van der Waals surface area contributed by atoms with Crippen LogP contribution in [0.5, 0.6) is 0 Å². The van der Waals surface area contributed by atoms with E-state index < -0.39 is 0 Å². The summed E-state index contributed by atoms with van der Waals surface area (Å²) in [5.74, 6) is -0.175. The zero-order valence-electron chi connectivity index (χ0n) is 16.7. The molecule has 0 saturated carbocycles. The quantitative estimate of drug-likeness (QED) is 0.466. The van der Waals surface area contributed by atoms with Crippen molar-refractivity contribution in [3.63, 3.8) is 0 Å². The molecule has 152 valence electrons. The molecular formula is C24H20N6O. The Kier molecular flexibility index (Phi) is 4.98. The molecule has 7 heteroatoms. The van der Waals surface area contributed by atoms with E-state index in [2.05, 4.69) is 32.5 Å². The van der Waals surface area contributed by atoms with Gasteiger partial charge < -0.3 is 9.88 Å². The molecule has 0 bridgehead atoms. The zero-order chi connectivity index (χ0) is 21.0. The number of pyridine rings is 1. The number of para-hydroxylation sites is 1. The summed E-state index contributed by atoms with van der Waals surface area (Å²) >= 11 is 0. The molecule has 0 fully saturated rings. The zero-order valence-corrected chi connectivity index (χ0v) is 16.7. The van der Waals surface area contributed by atoms with Gasteiger partial charge in [-0.1, -0.05) is 48.5 Å². The number of imidazole rings is 1. The van der Waals surface area contributed by atoms with Gasteiger partial charge in [0.05, 0.1) is 30.3 Å². The van der Waals surface area contributed by atoms with E-state index in [0.717, 1.165) is 27.8 Å². The van der Waals surface area contributed by atoms with E-state index in [1.165, 1.54) is 0 Å². The molecule has 3 heterocycles. The van der Waals surface area contributed by atoms with E-state index >= 15 is 0 Å². The molecule has 0 aliphatic rings. The Morgan fingerprint density at radius 3 is 2.68 bits per heavy atom. The van der Waals surface area contributed by atoms with Gasteiger partial charge in [0.15, 0.2) is 5.65 Å². The van der Waals surface area contributed by atoms with Gasteiger partial charge in [-0.15, -0.1) is 0 Å². The molecule has 0 spiro atoms. The summed E-state index contributed by atoms with van der Waals surface area (Å²) < 4.78 is 3.77. The lowest BCUT2D eigenvalue weighted by Gasteiger charge is -2.11. The van der Waals surface area contributed by atoms with Gasteiger partial charge in [0.1, 0.15) is 0 Å². The van der Waals surface area contributed by atoms with Crippen LogP contribution in [0.15, 0.2) is 91.8 Å². The molecule has 0 saturated heterocycles. The number of amides is 1. The number of nitrogens with one attached hydrogen (secondary N) is 1. The number of carbonyl (C=O) groups excluding carboxylic acids is 1. The first-order valence-electron chi connectivity index (χ1n) is 9.98. The van der Waals surface area contributed by atoms with Crippen LogP contribution in [-0.2, 0) is 13.1 Å². The molecule has 0 aliphatic heterocycles. The van der Waals surface area contributed by atoms with Crippen LogP contribution in [0, 0.1) is 0 Å². The third-order valence-electron chi connectivity index (χ3n) is 5.13. The fourth-order valence-electron chi connectivity index (χ4n) is 3.56. The molecule has 3 aromatic heterocycles. The normalized spacial score (nSPS) is 11.0. The van der Waals surface area contributed by atoms with Crippen LogP contribution in [0.1, 0.15) is 21.5 Å². The number of benzene rings is 2. The monoisotopic (exact) mass is 408 g/mol. The molecule has 0 atom stereocenters. The maximum absolute atomic E-state index is 12.8. The minimum atomic E-state index is -0.175. The third-order valence-corrected chi connectivity index (χ3v) is 5.13. The third kappa shape index (κ3) is 3.93. The number of hydrogen-bond donors (Lipinski definition) is 1. The fraction of sp³-hybridized carbons (Fsp3) is 0.0833. The number of rotatable bonds is 6. The lowest BCUT2D eigenvalue weighted by molar-refractivity contribution is 0.0950. The van der Waals surface area contributed by atoms with Gasteiger partial charge in [-0.2, -0.15) is 5.10 Å². The van der Waals surface area contributed by atoms with Crippen LogP contribution >= 0.6 is 0 Å². The molecule has 31 heavy (non-hydrogen) atoms. The Hall–Kier alpha value is -4.26. The molecule has 5 rings (SSSR count). The first-order valence-corrected chi connectivity index (χ1v) is 9.98. The molecule has 2 aromatic carbocycles. The smallest absolute Gasteiger partial charge is 0.253 e. The summed E-state index contributed by atoms with van der Waals surface area (Å²) in [6.07, 6.45) is 8.70. The molecule has 0 aliphatic carbocycles. The van der Waals surface area contributed by atoms with Crippen LogP contribution < -0.4 is 5.32 Å². The topological polar surface area (TPSA) is 77.6 Å². The second-order valence-electron chi connectivity index (χ2n) is 7.21. The maximum atomic E-state index is 12.8. The molecule has 1 N–H and O–H groups in total. The van der Waals surface area contributed by atoms with E-state index in [0.29, 0.717) is 18.7 Å². The first-order chi connectivity index (χ1) is 15.3. The summed E-state index contributed by atoms with van der Waals surface area (Å²) in [6.45, 7) is 1.03. The largest absolute Gasteiger partial charge is 0.348 e. The summed E-state index contributed by atoms with van der Waals surface area (Å²) in [6, 6.07) is 19.8. The standard InChI is InChI=1S/C24H20N6O/c31-24(27-13-19-8-4-5-9-22(19)29-11-10-25-17-29)21-12-20-15-28-30(23(20)26-14-21)16-18-6-2-1-3-7-18/h1-12,14-15,17H,13,16H2,(H,27,31). The van der Waals surface area contributed by atoms with Crippen LogP contribution in [0.25, 0.3) is 16.7 Å². The maximum Gasteiger partial charge on any atom is 0.253 e. The Bertz CT molecular complexity index is 1320. The highest BCUT2D eigenvalue weighted by molar-refractivity contribution is 5.96. The average Bonchev–Trinajstić information content (AvgIpc) is 3.49. The summed E-state index contributed by atoms with van der Waals surface area (Å²) in [7, 11) is 0.